The van der Waals surface area contributed by atoms with E-state index >= 15 is 0 Å². The molecule has 3 N–H and O–H groups in total. The highest BCUT2D eigenvalue weighted by Crippen LogP contribution is 2.12. The van der Waals surface area contributed by atoms with Gasteiger partial charge in [0.25, 0.3) is 0 Å². The summed E-state index contributed by atoms with van der Waals surface area (Å²) in [4.78, 5) is 16.2. The van der Waals surface area contributed by atoms with Crippen LogP contribution in [-0.4, -0.2) is 35.8 Å². The summed E-state index contributed by atoms with van der Waals surface area (Å²) >= 11 is 0. The van der Waals surface area contributed by atoms with Crippen molar-refractivity contribution in [2.75, 3.05) is 13.7 Å². The zero-order valence-corrected chi connectivity index (χ0v) is 13.4. The van der Waals surface area contributed by atoms with Gasteiger partial charge in [-0.3, -0.25) is 4.79 Å². The average molecular weight is 318 g/mol. The molecule has 23 heavy (non-hydrogen) atoms. The van der Waals surface area contributed by atoms with Gasteiger partial charge in [0.05, 0.1) is 25.0 Å². The standard InChI is InChI=1S/C16H22N4O3/c1-11(18-14(21)9-13(10-17)22-2)16-19-15(23-20-16)8-12-6-4-3-5-7-12/h3-7,11,13H,8-10,17H2,1-2H3,(H,18,21). The zero-order chi connectivity index (χ0) is 16.7. The second-order valence-electron chi connectivity index (χ2n) is 5.30. The first-order chi connectivity index (χ1) is 11.1. The van der Waals surface area contributed by atoms with Gasteiger partial charge in [-0.05, 0) is 12.5 Å². The van der Waals surface area contributed by atoms with Crippen LogP contribution in [0.25, 0.3) is 0 Å². The molecule has 0 saturated heterocycles. The number of carbonyl (C=O) groups excluding carboxylic acids is 1. The maximum atomic E-state index is 11.9. The first-order valence-electron chi connectivity index (χ1n) is 7.51. The van der Waals surface area contributed by atoms with Gasteiger partial charge in [0.1, 0.15) is 0 Å². The Morgan fingerprint density at radius 3 is 2.78 bits per heavy atom. The van der Waals surface area contributed by atoms with Crippen LogP contribution < -0.4 is 11.1 Å². The van der Waals surface area contributed by atoms with Crippen molar-refractivity contribution in [3.8, 4) is 0 Å². The summed E-state index contributed by atoms with van der Waals surface area (Å²) in [6.07, 6.45) is 0.473. The first-order valence-corrected chi connectivity index (χ1v) is 7.51. The van der Waals surface area contributed by atoms with Crippen molar-refractivity contribution < 1.29 is 14.1 Å². The molecule has 1 aromatic carbocycles. The molecule has 0 aliphatic carbocycles. The maximum absolute atomic E-state index is 11.9. The van der Waals surface area contributed by atoms with Crippen LogP contribution in [0.2, 0.25) is 0 Å². The third-order valence-electron chi connectivity index (χ3n) is 3.46. The number of nitrogens with two attached hydrogens (primary N) is 1. The van der Waals surface area contributed by atoms with Gasteiger partial charge >= 0.3 is 0 Å². The minimum absolute atomic E-state index is 0.163. The summed E-state index contributed by atoms with van der Waals surface area (Å²) in [7, 11) is 1.53. The third kappa shape index (κ3) is 5.15. The lowest BCUT2D eigenvalue weighted by Crippen LogP contribution is -2.33. The molecule has 7 nitrogen and oxygen atoms in total. The highest BCUT2D eigenvalue weighted by molar-refractivity contribution is 5.76. The molecule has 2 aromatic rings. The van der Waals surface area contributed by atoms with Crippen molar-refractivity contribution in [3.63, 3.8) is 0 Å². The molecule has 0 aliphatic heterocycles. The highest BCUT2D eigenvalue weighted by Gasteiger charge is 2.18. The van der Waals surface area contributed by atoms with Crippen LogP contribution in [0.4, 0.5) is 0 Å². The minimum atomic E-state index is -0.342. The van der Waals surface area contributed by atoms with Crippen molar-refractivity contribution in [1.29, 1.82) is 0 Å². The smallest absolute Gasteiger partial charge is 0.231 e. The van der Waals surface area contributed by atoms with Gasteiger partial charge < -0.3 is 20.3 Å². The monoisotopic (exact) mass is 318 g/mol. The summed E-state index contributed by atoms with van der Waals surface area (Å²) in [5, 5.41) is 6.74. The number of methoxy groups -OCH3 is 1. The van der Waals surface area contributed by atoms with E-state index in [1.165, 1.54) is 7.11 Å². The Bertz CT molecular complexity index is 611. The number of benzene rings is 1. The number of ether oxygens (including phenoxy) is 1. The van der Waals surface area contributed by atoms with E-state index in [2.05, 4.69) is 15.5 Å². The van der Waals surface area contributed by atoms with Crippen LogP contribution in [0, 0.1) is 0 Å². The van der Waals surface area contributed by atoms with Crippen LogP contribution >= 0.6 is 0 Å². The number of rotatable bonds is 8. The summed E-state index contributed by atoms with van der Waals surface area (Å²) in [6.45, 7) is 2.10. The van der Waals surface area contributed by atoms with Crippen molar-refractivity contribution in [3.05, 3.63) is 47.6 Å². The molecule has 1 aromatic heterocycles. The van der Waals surface area contributed by atoms with E-state index < -0.39 is 0 Å². The molecular formula is C16H22N4O3. The van der Waals surface area contributed by atoms with Gasteiger partial charge in [0.2, 0.25) is 11.8 Å². The van der Waals surface area contributed by atoms with Crippen LogP contribution in [-0.2, 0) is 16.0 Å². The van der Waals surface area contributed by atoms with Gasteiger partial charge in [0, 0.05) is 13.7 Å². The van der Waals surface area contributed by atoms with Crippen molar-refractivity contribution in [1.82, 2.24) is 15.5 Å². The lowest BCUT2D eigenvalue weighted by molar-refractivity contribution is -0.124. The maximum Gasteiger partial charge on any atom is 0.231 e. The lowest BCUT2D eigenvalue weighted by atomic mass is 10.1. The number of hydrogen-bond acceptors (Lipinski definition) is 6. The van der Waals surface area contributed by atoms with Crippen molar-refractivity contribution in [2.24, 2.45) is 5.73 Å². The minimum Gasteiger partial charge on any atom is -0.380 e. The number of nitrogens with zero attached hydrogens (tertiary/aromatic N) is 2. The van der Waals surface area contributed by atoms with E-state index in [1.807, 2.05) is 30.3 Å². The number of hydrogen-bond donors (Lipinski definition) is 2. The summed E-state index contributed by atoms with van der Waals surface area (Å²) in [5.41, 5.74) is 6.59. The van der Waals surface area contributed by atoms with E-state index in [9.17, 15) is 4.79 Å². The first kappa shape index (κ1) is 17.1. The van der Waals surface area contributed by atoms with Crippen molar-refractivity contribution >= 4 is 5.91 Å². The summed E-state index contributed by atoms with van der Waals surface area (Å²) in [6, 6.07) is 9.51. The molecule has 2 unspecified atom stereocenters. The quantitative estimate of drug-likeness (QED) is 0.758. The normalized spacial score (nSPS) is 13.5. The second-order valence-corrected chi connectivity index (χ2v) is 5.30. The number of carbonyl (C=O) groups is 1. The van der Waals surface area contributed by atoms with Gasteiger partial charge in [-0.2, -0.15) is 4.98 Å². The number of aromatic nitrogens is 2. The molecule has 7 heteroatoms. The zero-order valence-electron chi connectivity index (χ0n) is 13.4. The van der Waals surface area contributed by atoms with Crippen LogP contribution in [0.15, 0.2) is 34.9 Å². The molecule has 0 radical (unpaired) electrons. The fourth-order valence-electron chi connectivity index (χ4n) is 2.12. The Morgan fingerprint density at radius 2 is 2.13 bits per heavy atom. The van der Waals surface area contributed by atoms with E-state index in [1.54, 1.807) is 6.92 Å². The van der Waals surface area contributed by atoms with E-state index in [-0.39, 0.29) is 24.5 Å². The summed E-state index contributed by atoms with van der Waals surface area (Å²) < 4.78 is 10.3. The molecule has 1 amide bonds. The highest BCUT2D eigenvalue weighted by atomic mass is 16.5. The lowest BCUT2D eigenvalue weighted by Gasteiger charge is -2.14. The Hall–Kier alpha value is -2.25. The van der Waals surface area contributed by atoms with E-state index in [4.69, 9.17) is 15.0 Å². The molecule has 0 saturated carbocycles. The fraction of sp³-hybridized carbons (Fsp3) is 0.438. The molecule has 124 valence electrons. The van der Waals surface area contributed by atoms with Gasteiger partial charge in [-0.15, -0.1) is 0 Å². The molecule has 0 spiro atoms. The SMILES string of the molecule is COC(CN)CC(=O)NC(C)c1noc(Cc2ccccc2)n1. The Kier molecular flexibility index (Phi) is 6.25. The third-order valence-corrected chi connectivity index (χ3v) is 3.46. The topological polar surface area (TPSA) is 103 Å². The molecular weight excluding hydrogens is 296 g/mol. The average Bonchev–Trinajstić information content (AvgIpc) is 3.02. The van der Waals surface area contributed by atoms with Gasteiger partial charge in [-0.1, -0.05) is 35.5 Å². The molecule has 2 atom stereocenters. The Morgan fingerprint density at radius 1 is 1.39 bits per heavy atom. The molecule has 0 fully saturated rings. The van der Waals surface area contributed by atoms with E-state index in [0.717, 1.165) is 5.56 Å². The van der Waals surface area contributed by atoms with Gasteiger partial charge in [0.15, 0.2) is 5.82 Å². The molecule has 1 heterocycles. The predicted octanol–water partition coefficient (Wildman–Crippen LogP) is 1.20. The largest absolute Gasteiger partial charge is 0.380 e. The van der Waals surface area contributed by atoms with Crippen LogP contribution in [0.5, 0.6) is 0 Å². The van der Waals surface area contributed by atoms with Crippen molar-refractivity contribution in [2.45, 2.75) is 31.9 Å². The molecule has 0 bridgehead atoms. The summed E-state index contributed by atoms with van der Waals surface area (Å²) in [5.74, 6) is 0.805. The predicted molar refractivity (Wildman–Crippen MR) is 84.6 cm³/mol. The fourth-order valence-corrected chi connectivity index (χ4v) is 2.12. The van der Waals surface area contributed by atoms with Gasteiger partial charge in [-0.25, -0.2) is 0 Å². The Labute approximate surface area is 135 Å². The van der Waals surface area contributed by atoms with Crippen LogP contribution in [0.3, 0.4) is 0 Å². The number of amides is 1. The van der Waals surface area contributed by atoms with Crippen LogP contribution in [0.1, 0.15) is 36.7 Å². The second kappa shape index (κ2) is 8.40. The Balaban J connectivity index is 1.90. The number of nitrogens with one attached hydrogen (secondary N) is 1. The molecule has 2 rings (SSSR count). The molecule has 0 aliphatic rings. The van der Waals surface area contributed by atoms with E-state index in [0.29, 0.717) is 24.7 Å².